The quantitative estimate of drug-likeness (QED) is 0.887. The second kappa shape index (κ2) is 5.34. The summed E-state index contributed by atoms with van der Waals surface area (Å²) in [7, 11) is 0. The molecule has 0 aliphatic carbocycles. The van der Waals surface area contributed by atoms with Crippen molar-refractivity contribution < 1.29 is 0 Å². The number of fused-ring (bicyclic) bond motifs is 1. The molecular weight excluding hydrogens is 222 g/mol. The number of nitrogens with one attached hydrogen (secondary N) is 1. The highest BCUT2D eigenvalue weighted by atomic mass is 15.0. The molecule has 96 valence electrons. The molecule has 1 aromatic heterocycles. The van der Waals surface area contributed by atoms with Crippen molar-refractivity contribution in [2.24, 2.45) is 5.92 Å². The number of benzene rings is 1. The number of para-hydroxylation sites is 1. The SMILES string of the molecule is CC(C)CNc1nc(C(C)C)nc2ccccc12. The summed E-state index contributed by atoms with van der Waals surface area (Å²) in [6.45, 7) is 9.56. The van der Waals surface area contributed by atoms with Gasteiger partial charge in [-0.25, -0.2) is 9.97 Å². The fraction of sp³-hybridized carbons (Fsp3) is 0.467. The zero-order valence-corrected chi connectivity index (χ0v) is 11.6. The minimum Gasteiger partial charge on any atom is -0.369 e. The first-order valence-corrected chi connectivity index (χ1v) is 6.58. The lowest BCUT2D eigenvalue weighted by molar-refractivity contribution is 0.685. The van der Waals surface area contributed by atoms with E-state index in [0.717, 1.165) is 29.1 Å². The molecule has 0 unspecified atom stereocenters. The van der Waals surface area contributed by atoms with Gasteiger partial charge in [0, 0.05) is 17.8 Å². The largest absolute Gasteiger partial charge is 0.369 e. The molecule has 1 N–H and O–H groups in total. The minimum absolute atomic E-state index is 0.342. The zero-order valence-electron chi connectivity index (χ0n) is 11.6. The molecule has 18 heavy (non-hydrogen) atoms. The Bertz CT molecular complexity index is 532. The Morgan fingerprint density at radius 1 is 1.06 bits per heavy atom. The van der Waals surface area contributed by atoms with E-state index in [0.29, 0.717) is 11.8 Å². The summed E-state index contributed by atoms with van der Waals surface area (Å²) in [6, 6.07) is 8.17. The molecule has 3 heteroatoms. The molecule has 0 saturated carbocycles. The average molecular weight is 243 g/mol. The van der Waals surface area contributed by atoms with Gasteiger partial charge in [0.15, 0.2) is 0 Å². The van der Waals surface area contributed by atoms with Crippen LogP contribution in [0.5, 0.6) is 0 Å². The summed E-state index contributed by atoms with van der Waals surface area (Å²) < 4.78 is 0. The molecule has 0 radical (unpaired) electrons. The first-order chi connectivity index (χ1) is 8.58. The predicted molar refractivity (Wildman–Crippen MR) is 77.0 cm³/mol. The predicted octanol–water partition coefficient (Wildman–Crippen LogP) is 3.82. The Morgan fingerprint density at radius 3 is 2.44 bits per heavy atom. The van der Waals surface area contributed by atoms with Crippen molar-refractivity contribution in [3.8, 4) is 0 Å². The lowest BCUT2D eigenvalue weighted by Crippen LogP contribution is -2.11. The smallest absolute Gasteiger partial charge is 0.137 e. The maximum atomic E-state index is 4.65. The number of rotatable bonds is 4. The van der Waals surface area contributed by atoms with Crippen molar-refractivity contribution in [3.05, 3.63) is 30.1 Å². The fourth-order valence-corrected chi connectivity index (χ4v) is 1.79. The van der Waals surface area contributed by atoms with Crippen molar-refractivity contribution in [3.63, 3.8) is 0 Å². The van der Waals surface area contributed by atoms with Gasteiger partial charge in [-0.1, -0.05) is 39.8 Å². The van der Waals surface area contributed by atoms with Crippen LogP contribution >= 0.6 is 0 Å². The second-order valence-corrected chi connectivity index (χ2v) is 5.38. The van der Waals surface area contributed by atoms with Crippen LogP contribution < -0.4 is 5.32 Å². The summed E-state index contributed by atoms with van der Waals surface area (Å²) in [6.07, 6.45) is 0. The van der Waals surface area contributed by atoms with Gasteiger partial charge in [-0.05, 0) is 18.1 Å². The number of aromatic nitrogens is 2. The molecule has 0 amide bonds. The highest BCUT2D eigenvalue weighted by Crippen LogP contribution is 2.22. The Morgan fingerprint density at radius 2 is 1.78 bits per heavy atom. The van der Waals surface area contributed by atoms with Gasteiger partial charge in [0.25, 0.3) is 0 Å². The van der Waals surface area contributed by atoms with Crippen LogP contribution in [0.2, 0.25) is 0 Å². The first kappa shape index (κ1) is 12.8. The lowest BCUT2D eigenvalue weighted by Gasteiger charge is -2.13. The van der Waals surface area contributed by atoms with Gasteiger partial charge in [-0.15, -0.1) is 0 Å². The number of anilines is 1. The van der Waals surface area contributed by atoms with E-state index in [2.05, 4.69) is 49.0 Å². The van der Waals surface area contributed by atoms with E-state index in [1.807, 2.05) is 18.2 Å². The molecule has 0 bridgehead atoms. The molecule has 2 rings (SSSR count). The minimum atomic E-state index is 0.342. The van der Waals surface area contributed by atoms with Crippen LogP contribution in [-0.2, 0) is 0 Å². The van der Waals surface area contributed by atoms with E-state index in [4.69, 9.17) is 0 Å². The number of nitrogens with zero attached hydrogens (tertiary/aromatic N) is 2. The van der Waals surface area contributed by atoms with Gasteiger partial charge in [0.2, 0.25) is 0 Å². The van der Waals surface area contributed by atoms with Crippen LogP contribution in [0.1, 0.15) is 39.4 Å². The van der Waals surface area contributed by atoms with E-state index in [-0.39, 0.29) is 0 Å². The Labute approximate surface area is 109 Å². The molecule has 2 aromatic rings. The molecule has 0 fully saturated rings. The van der Waals surface area contributed by atoms with Crippen molar-refractivity contribution in [2.45, 2.75) is 33.6 Å². The highest BCUT2D eigenvalue weighted by molar-refractivity contribution is 5.89. The van der Waals surface area contributed by atoms with Crippen molar-refractivity contribution in [1.29, 1.82) is 0 Å². The third kappa shape index (κ3) is 2.78. The third-order valence-electron chi connectivity index (χ3n) is 2.81. The van der Waals surface area contributed by atoms with Crippen LogP contribution in [0.4, 0.5) is 5.82 Å². The van der Waals surface area contributed by atoms with Gasteiger partial charge in [0.05, 0.1) is 5.52 Å². The van der Waals surface area contributed by atoms with Gasteiger partial charge >= 0.3 is 0 Å². The Hall–Kier alpha value is -1.64. The fourth-order valence-electron chi connectivity index (χ4n) is 1.79. The van der Waals surface area contributed by atoms with Crippen molar-refractivity contribution in [2.75, 3.05) is 11.9 Å². The second-order valence-electron chi connectivity index (χ2n) is 5.38. The van der Waals surface area contributed by atoms with Gasteiger partial charge in [-0.2, -0.15) is 0 Å². The van der Waals surface area contributed by atoms with Crippen LogP contribution in [0.15, 0.2) is 24.3 Å². The summed E-state index contributed by atoms with van der Waals surface area (Å²) in [5, 5.41) is 4.53. The van der Waals surface area contributed by atoms with Gasteiger partial charge in [0.1, 0.15) is 11.6 Å². The number of hydrogen-bond acceptors (Lipinski definition) is 3. The van der Waals surface area contributed by atoms with E-state index < -0.39 is 0 Å². The summed E-state index contributed by atoms with van der Waals surface area (Å²) in [5.41, 5.74) is 1.02. The molecule has 0 saturated heterocycles. The summed E-state index contributed by atoms with van der Waals surface area (Å²) in [4.78, 5) is 9.26. The lowest BCUT2D eigenvalue weighted by atomic mass is 10.1. The van der Waals surface area contributed by atoms with Gasteiger partial charge < -0.3 is 5.32 Å². The average Bonchev–Trinajstić information content (AvgIpc) is 2.35. The van der Waals surface area contributed by atoms with Crippen molar-refractivity contribution in [1.82, 2.24) is 9.97 Å². The Balaban J connectivity index is 2.47. The van der Waals surface area contributed by atoms with E-state index in [9.17, 15) is 0 Å². The standard InChI is InChI=1S/C15H21N3/c1-10(2)9-16-15-12-7-5-6-8-13(12)17-14(18-15)11(3)4/h5-8,10-11H,9H2,1-4H3,(H,16,17,18). The molecule has 3 nitrogen and oxygen atoms in total. The molecule has 0 atom stereocenters. The van der Waals surface area contributed by atoms with Crippen molar-refractivity contribution >= 4 is 16.7 Å². The monoisotopic (exact) mass is 243 g/mol. The molecule has 0 aliphatic heterocycles. The molecule has 0 spiro atoms. The zero-order chi connectivity index (χ0) is 13.1. The molecular formula is C15H21N3. The maximum Gasteiger partial charge on any atom is 0.137 e. The first-order valence-electron chi connectivity index (χ1n) is 6.58. The third-order valence-corrected chi connectivity index (χ3v) is 2.81. The molecule has 1 heterocycles. The molecule has 0 aliphatic rings. The summed E-state index contributed by atoms with van der Waals surface area (Å²) in [5.74, 6) is 2.80. The van der Waals surface area contributed by atoms with E-state index in [1.54, 1.807) is 0 Å². The molecule has 1 aromatic carbocycles. The highest BCUT2D eigenvalue weighted by Gasteiger charge is 2.09. The topological polar surface area (TPSA) is 37.8 Å². The Kier molecular flexibility index (Phi) is 3.80. The van der Waals surface area contributed by atoms with Crippen LogP contribution in [0.25, 0.3) is 10.9 Å². The van der Waals surface area contributed by atoms with Crippen LogP contribution in [0, 0.1) is 5.92 Å². The van der Waals surface area contributed by atoms with E-state index >= 15 is 0 Å². The van der Waals surface area contributed by atoms with Gasteiger partial charge in [-0.3, -0.25) is 0 Å². The normalized spacial score (nSPS) is 11.4. The van der Waals surface area contributed by atoms with Crippen LogP contribution in [-0.4, -0.2) is 16.5 Å². The maximum absolute atomic E-state index is 4.65. The van der Waals surface area contributed by atoms with Crippen LogP contribution in [0.3, 0.4) is 0 Å². The van der Waals surface area contributed by atoms with E-state index in [1.165, 1.54) is 0 Å². The number of hydrogen-bond donors (Lipinski definition) is 1. The summed E-state index contributed by atoms with van der Waals surface area (Å²) >= 11 is 0.